The van der Waals surface area contributed by atoms with Gasteiger partial charge in [-0.3, -0.25) is 4.98 Å². The summed E-state index contributed by atoms with van der Waals surface area (Å²) in [6.45, 7) is 7.61. The van der Waals surface area contributed by atoms with Crippen molar-refractivity contribution < 1.29 is 0 Å². The van der Waals surface area contributed by atoms with Crippen molar-refractivity contribution in [2.75, 3.05) is 11.4 Å². The largest absolute Gasteiger partial charge is 0.367 e. The molecule has 2 N–H and O–H groups in total. The van der Waals surface area contributed by atoms with Gasteiger partial charge in [0.25, 0.3) is 0 Å². The molecule has 1 aromatic heterocycles. The average Bonchev–Trinajstić information content (AvgIpc) is 3.09. The molecule has 0 unspecified atom stereocenters. The highest BCUT2D eigenvalue weighted by Crippen LogP contribution is 2.32. The van der Waals surface area contributed by atoms with Crippen LogP contribution in [-0.2, 0) is 0 Å². The molecule has 0 radical (unpaired) electrons. The van der Waals surface area contributed by atoms with Gasteiger partial charge in [0.05, 0.1) is 17.6 Å². The minimum Gasteiger partial charge on any atom is -0.367 e. The molecular formula is C14H23N3. The molecule has 1 heterocycles. The number of aromatic nitrogens is 1. The molecule has 1 aliphatic carbocycles. The number of hydrogen-bond acceptors (Lipinski definition) is 3. The van der Waals surface area contributed by atoms with Crippen LogP contribution in [0.4, 0.5) is 5.69 Å². The summed E-state index contributed by atoms with van der Waals surface area (Å²) in [6.07, 6.45) is 4.61. The first-order valence-electron chi connectivity index (χ1n) is 6.56. The smallest absolute Gasteiger partial charge is 0.0569 e. The van der Waals surface area contributed by atoms with Crippen LogP contribution in [0.1, 0.15) is 45.3 Å². The lowest BCUT2D eigenvalue weighted by molar-refractivity contribution is 0.606. The Bertz CT molecular complexity index is 352. The van der Waals surface area contributed by atoms with E-state index in [9.17, 15) is 0 Å². The third-order valence-electron chi connectivity index (χ3n) is 3.12. The molecule has 0 amide bonds. The quantitative estimate of drug-likeness (QED) is 0.850. The Kier molecular flexibility index (Phi) is 3.67. The number of rotatable bonds is 5. The summed E-state index contributed by atoms with van der Waals surface area (Å²) in [5.74, 6) is 0.684. The van der Waals surface area contributed by atoms with Crippen LogP contribution in [0.2, 0.25) is 0 Å². The molecule has 1 aliphatic rings. The summed E-state index contributed by atoms with van der Waals surface area (Å²) in [6, 6.07) is 4.96. The van der Waals surface area contributed by atoms with E-state index in [4.69, 9.17) is 5.73 Å². The lowest BCUT2D eigenvalue weighted by Gasteiger charge is -2.26. The second-order valence-corrected chi connectivity index (χ2v) is 5.51. The first kappa shape index (κ1) is 12.4. The fraction of sp³-hybridized carbons (Fsp3) is 0.643. The van der Waals surface area contributed by atoms with E-state index in [0.717, 1.165) is 18.3 Å². The average molecular weight is 233 g/mol. The van der Waals surface area contributed by atoms with Gasteiger partial charge in [0, 0.05) is 18.6 Å². The molecule has 1 saturated carbocycles. The monoisotopic (exact) mass is 233 g/mol. The van der Waals surface area contributed by atoms with Crippen molar-refractivity contribution in [2.45, 2.75) is 45.7 Å². The van der Waals surface area contributed by atoms with E-state index in [1.165, 1.54) is 18.5 Å². The van der Waals surface area contributed by atoms with Crippen molar-refractivity contribution in [3.63, 3.8) is 0 Å². The molecule has 1 fully saturated rings. The fourth-order valence-electron chi connectivity index (χ4n) is 2.08. The molecular weight excluding hydrogens is 210 g/mol. The predicted molar refractivity (Wildman–Crippen MR) is 72.0 cm³/mol. The zero-order valence-electron chi connectivity index (χ0n) is 11.1. The van der Waals surface area contributed by atoms with Gasteiger partial charge < -0.3 is 10.6 Å². The Morgan fingerprint density at radius 2 is 2.06 bits per heavy atom. The Morgan fingerprint density at radius 1 is 1.35 bits per heavy atom. The Hall–Kier alpha value is -1.09. The maximum atomic E-state index is 5.82. The zero-order chi connectivity index (χ0) is 12.4. The maximum Gasteiger partial charge on any atom is 0.0569 e. The van der Waals surface area contributed by atoms with Crippen molar-refractivity contribution in [3.05, 3.63) is 24.0 Å². The number of anilines is 1. The Morgan fingerprint density at radius 3 is 2.47 bits per heavy atom. The SMILES string of the molecule is CC(C)CN(c1ccc([C@@H](C)N)nc1)C1CC1. The fourth-order valence-corrected chi connectivity index (χ4v) is 2.08. The van der Waals surface area contributed by atoms with E-state index < -0.39 is 0 Å². The van der Waals surface area contributed by atoms with Crippen LogP contribution in [-0.4, -0.2) is 17.6 Å². The van der Waals surface area contributed by atoms with Crippen molar-refractivity contribution in [1.82, 2.24) is 4.98 Å². The van der Waals surface area contributed by atoms with Gasteiger partial charge in [-0.1, -0.05) is 13.8 Å². The molecule has 0 saturated heterocycles. The van der Waals surface area contributed by atoms with Gasteiger partial charge in [-0.25, -0.2) is 0 Å². The van der Waals surface area contributed by atoms with Crippen LogP contribution in [0.15, 0.2) is 18.3 Å². The third kappa shape index (κ3) is 3.19. The van der Waals surface area contributed by atoms with Crippen molar-refractivity contribution in [3.8, 4) is 0 Å². The minimum absolute atomic E-state index is 0.0172. The Balaban J connectivity index is 2.12. The van der Waals surface area contributed by atoms with E-state index in [2.05, 4.69) is 35.9 Å². The minimum atomic E-state index is 0.0172. The summed E-state index contributed by atoms with van der Waals surface area (Å²) in [7, 11) is 0. The molecule has 0 aliphatic heterocycles. The van der Waals surface area contributed by atoms with Crippen LogP contribution < -0.4 is 10.6 Å². The van der Waals surface area contributed by atoms with Gasteiger partial charge in [-0.05, 0) is 37.8 Å². The van der Waals surface area contributed by atoms with E-state index in [-0.39, 0.29) is 6.04 Å². The molecule has 1 atom stereocenters. The standard InChI is InChI=1S/C14H23N3/c1-10(2)9-17(12-4-5-12)13-6-7-14(11(3)15)16-8-13/h6-8,10-12H,4-5,9,15H2,1-3H3/t11-/m1/s1. The molecule has 0 aromatic carbocycles. The van der Waals surface area contributed by atoms with Gasteiger partial charge in [-0.15, -0.1) is 0 Å². The summed E-state index contributed by atoms with van der Waals surface area (Å²) in [5, 5.41) is 0. The summed E-state index contributed by atoms with van der Waals surface area (Å²) in [5.41, 5.74) is 8.02. The van der Waals surface area contributed by atoms with E-state index in [0.29, 0.717) is 5.92 Å². The summed E-state index contributed by atoms with van der Waals surface area (Å²) >= 11 is 0. The summed E-state index contributed by atoms with van der Waals surface area (Å²) in [4.78, 5) is 6.94. The number of hydrogen-bond donors (Lipinski definition) is 1. The van der Waals surface area contributed by atoms with Crippen molar-refractivity contribution >= 4 is 5.69 Å². The van der Waals surface area contributed by atoms with Crippen molar-refractivity contribution in [2.24, 2.45) is 11.7 Å². The molecule has 2 rings (SSSR count). The van der Waals surface area contributed by atoms with Gasteiger partial charge in [0.1, 0.15) is 0 Å². The topological polar surface area (TPSA) is 42.1 Å². The highest BCUT2D eigenvalue weighted by Gasteiger charge is 2.29. The number of pyridine rings is 1. The number of nitrogens with two attached hydrogens (primary N) is 1. The highest BCUT2D eigenvalue weighted by atomic mass is 15.2. The zero-order valence-corrected chi connectivity index (χ0v) is 11.1. The van der Waals surface area contributed by atoms with Gasteiger partial charge in [0.15, 0.2) is 0 Å². The van der Waals surface area contributed by atoms with Crippen LogP contribution in [0, 0.1) is 5.92 Å². The van der Waals surface area contributed by atoms with Gasteiger partial charge in [0.2, 0.25) is 0 Å². The molecule has 3 heteroatoms. The molecule has 0 bridgehead atoms. The van der Waals surface area contributed by atoms with Gasteiger partial charge in [-0.2, -0.15) is 0 Å². The first-order chi connectivity index (χ1) is 8.08. The molecule has 1 aromatic rings. The van der Waals surface area contributed by atoms with E-state index in [1.807, 2.05) is 13.1 Å². The normalized spacial score (nSPS) is 17.2. The molecule has 3 nitrogen and oxygen atoms in total. The lowest BCUT2D eigenvalue weighted by Crippen LogP contribution is -2.29. The maximum absolute atomic E-state index is 5.82. The third-order valence-corrected chi connectivity index (χ3v) is 3.12. The first-order valence-corrected chi connectivity index (χ1v) is 6.56. The number of nitrogens with zero attached hydrogens (tertiary/aromatic N) is 2. The van der Waals surface area contributed by atoms with E-state index >= 15 is 0 Å². The van der Waals surface area contributed by atoms with Crippen LogP contribution in [0.25, 0.3) is 0 Å². The second kappa shape index (κ2) is 5.05. The van der Waals surface area contributed by atoms with Crippen LogP contribution >= 0.6 is 0 Å². The predicted octanol–water partition coefficient (Wildman–Crippen LogP) is 2.73. The Labute approximate surface area is 104 Å². The van der Waals surface area contributed by atoms with E-state index in [1.54, 1.807) is 0 Å². The molecule has 0 spiro atoms. The lowest BCUT2D eigenvalue weighted by atomic mass is 10.1. The summed E-state index contributed by atoms with van der Waals surface area (Å²) < 4.78 is 0. The van der Waals surface area contributed by atoms with Crippen LogP contribution in [0.3, 0.4) is 0 Å². The van der Waals surface area contributed by atoms with Crippen molar-refractivity contribution in [1.29, 1.82) is 0 Å². The van der Waals surface area contributed by atoms with Gasteiger partial charge >= 0.3 is 0 Å². The highest BCUT2D eigenvalue weighted by molar-refractivity contribution is 5.47. The molecule has 17 heavy (non-hydrogen) atoms. The second-order valence-electron chi connectivity index (χ2n) is 5.51. The van der Waals surface area contributed by atoms with Crippen LogP contribution in [0.5, 0.6) is 0 Å². The molecule has 94 valence electrons.